The lowest BCUT2D eigenvalue weighted by molar-refractivity contribution is 0.00381. The number of ether oxygens (including phenoxy) is 1. The average molecular weight is 254 g/mol. The van der Waals surface area contributed by atoms with Crippen LogP contribution in [0.15, 0.2) is 0 Å². The summed E-state index contributed by atoms with van der Waals surface area (Å²) < 4.78 is 5.82. The van der Waals surface area contributed by atoms with E-state index in [4.69, 9.17) is 4.74 Å². The molecule has 2 fully saturated rings. The van der Waals surface area contributed by atoms with Crippen molar-refractivity contribution >= 4 is 0 Å². The zero-order valence-electron chi connectivity index (χ0n) is 12.2. The summed E-state index contributed by atoms with van der Waals surface area (Å²) in [5.74, 6) is 0.795. The van der Waals surface area contributed by atoms with E-state index in [9.17, 15) is 0 Å². The Morgan fingerprint density at radius 3 is 2.94 bits per heavy atom. The zero-order chi connectivity index (χ0) is 12.8. The van der Waals surface area contributed by atoms with E-state index in [1.165, 1.54) is 51.7 Å². The van der Waals surface area contributed by atoms with Crippen LogP contribution in [0.1, 0.15) is 46.0 Å². The third-order valence-corrected chi connectivity index (χ3v) is 4.14. The summed E-state index contributed by atoms with van der Waals surface area (Å²) in [7, 11) is 0. The fourth-order valence-corrected chi connectivity index (χ4v) is 3.19. The van der Waals surface area contributed by atoms with Crippen molar-refractivity contribution in [2.24, 2.45) is 5.92 Å². The Labute approximate surface area is 112 Å². The first kappa shape index (κ1) is 14.3. The SMILES string of the molecule is CC(C)CC1CN(CCC2CCCCO2)CCN1. The molecule has 2 atom stereocenters. The van der Waals surface area contributed by atoms with Gasteiger partial charge in [-0.2, -0.15) is 0 Å². The van der Waals surface area contributed by atoms with Crippen LogP contribution in [-0.2, 0) is 4.74 Å². The van der Waals surface area contributed by atoms with Gasteiger partial charge in [0.2, 0.25) is 0 Å². The first-order valence-electron chi connectivity index (χ1n) is 7.81. The Bertz CT molecular complexity index is 227. The van der Waals surface area contributed by atoms with Gasteiger partial charge in [0.1, 0.15) is 0 Å². The first-order valence-corrected chi connectivity index (χ1v) is 7.81. The van der Waals surface area contributed by atoms with E-state index in [1.807, 2.05) is 0 Å². The van der Waals surface area contributed by atoms with Crippen LogP contribution in [0.2, 0.25) is 0 Å². The Balaban J connectivity index is 1.65. The lowest BCUT2D eigenvalue weighted by atomic mass is 10.0. The maximum absolute atomic E-state index is 5.82. The largest absolute Gasteiger partial charge is 0.378 e. The van der Waals surface area contributed by atoms with Crippen molar-refractivity contribution < 1.29 is 4.74 Å². The number of hydrogen-bond donors (Lipinski definition) is 1. The van der Waals surface area contributed by atoms with Crippen molar-refractivity contribution in [1.82, 2.24) is 10.2 Å². The van der Waals surface area contributed by atoms with Gasteiger partial charge in [-0.05, 0) is 38.0 Å². The molecule has 2 rings (SSSR count). The van der Waals surface area contributed by atoms with E-state index in [-0.39, 0.29) is 0 Å². The summed E-state index contributed by atoms with van der Waals surface area (Å²) in [6.07, 6.45) is 6.98. The number of nitrogens with one attached hydrogen (secondary N) is 1. The molecule has 3 heteroatoms. The average Bonchev–Trinajstić information content (AvgIpc) is 2.37. The minimum atomic E-state index is 0.539. The standard InChI is InChI=1S/C15H30N2O/c1-13(2)11-14-12-17(9-7-16-14)8-6-15-5-3-4-10-18-15/h13-16H,3-12H2,1-2H3. The predicted molar refractivity (Wildman–Crippen MR) is 75.9 cm³/mol. The molecular formula is C15H30N2O. The van der Waals surface area contributed by atoms with Gasteiger partial charge in [0.15, 0.2) is 0 Å². The molecule has 1 N–H and O–H groups in total. The molecule has 18 heavy (non-hydrogen) atoms. The smallest absolute Gasteiger partial charge is 0.0587 e. The van der Waals surface area contributed by atoms with Gasteiger partial charge in [-0.15, -0.1) is 0 Å². The minimum Gasteiger partial charge on any atom is -0.378 e. The normalized spacial score (nSPS) is 30.8. The van der Waals surface area contributed by atoms with Gasteiger partial charge in [-0.25, -0.2) is 0 Å². The molecule has 0 aromatic carbocycles. The van der Waals surface area contributed by atoms with Gasteiger partial charge in [0.05, 0.1) is 6.10 Å². The molecule has 0 spiro atoms. The number of nitrogens with zero attached hydrogens (tertiary/aromatic N) is 1. The van der Waals surface area contributed by atoms with E-state index in [1.54, 1.807) is 0 Å². The summed E-state index contributed by atoms with van der Waals surface area (Å²) in [6, 6.07) is 0.700. The van der Waals surface area contributed by atoms with Crippen LogP contribution < -0.4 is 5.32 Å². The zero-order valence-corrected chi connectivity index (χ0v) is 12.2. The van der Waals surface area contributed by atoms with Crippen molar-refractivity contribution in [2.45, 2.75) is 58.1 Å². The van der Waals surface area contributed by atoms with Crippen LogP contribution in [0.5, 0.6) is 0 Å². The second-order valence-electron chi connectivity index (χ2n) is 6.36. The third kappa shape index (κ3) is 4.87. The Kier molecular flexibility index (Phi) is 5.93. The summed E-state index contributed by atoms with van der Waals surface area (Å²) >= 11 is 0. The second-order valence-corrected chi connectivity index (χ2v) is 6.36. The highest BCUT2D eigenvalue weighted by molar-refractivity contribution is 4.80. The van der Waals surface area contributed by atoms with Crippen LogP contribution in [0, 0.1) is 5.92 Å². The van der Waals surface area contributed by atoms with Gasteiger partial charge in [-0.1, -0.05) is 13.8 Å². The van der Waals surface area contributed by atoms with Crippen LogP contribution in [0.3, 0.4) is 0 Å². The van der Waals surface area contributed by atoms with E-state index < -0.39 is 0 Å². The van der Waals surface area contributed by atoms with E-state index in [0.717, 1.165) is 19.1 Å². The van der Waals surface area contributed by atoms with Crippen LogP contribution >= 0.6 is 0 Å². The molecule has 0 aromatic rings. The number of piperazine rings is 1. The molecule has 3 nitrogen and oxygen atoms in total. The van der Waals surface area contributed by atoms with Crippen molar-refractivity contribution in [3.63, 3.8) is 0 Å². The molecule has 2 heterocycles. The fraction of sp³-hybridized carbons (Fsp3) is 1.00. The topological polar surface area (TPSA) is 24.5 Å². The van der Waals surface area contributed by atoms with Crippen molar-refractivity contribution in [3.8, 4) is 0 Å². The maximum Gasteiger partial charge on any atom is 0.0587 e. The molecule has 2 unspecified atom stereocenters. The monoisotopic (exact) mass is 254 g/mol. The summed E-state index contributed by atoms with van der Waals surface area (Å²) in [4.78, 5) is 2.63. The summed E-state index contributed by atoms with van der Waals surface area (Å²) in [6.45, 7) is 10.4. The van der Waals surface area contributed by atoms with Gasteiger partial charge in [-0.3, -0.25) is 0 Å². The highest BCUT2D eigenvalue weighted by Crippen LogP contribution is 2.17. The first-order chi connectivity index (χ1) is 8.74. The molecular weight excluding hydrogens is 224 g/mol. The lowest BCUT2D eigenvalue weighted by Gasteiger charge is -2.35. The van der Waals surface area contributed by atoms with Crippen molar-refractivity contribution in [3.05, 3.63) is 0 Å². The van der Waals surface area contributed by atoms with Gasteiger partial charge in [0.25, 0.3) is 0 Å². The summed E-state index contributed by atoms with van der Waals surface area (Å²) in [5, 5.41) is 3.65. The van der Waals surface area contributed by atoms with Crippen LogP contribution in [0.25, 0.3) is 0 Å². The Hall–Kier alpha value is -0.120. The minimum absolute atomic E-state index is 0.539. The van der Waals surface area contributed by atoms with Gasteiger partial charge >= 0.3 is 0 Å². The molecule has 2 aliphatic rings. The van der Waals surface area contributed by atoms with Crippen molar-refractivity contribution in [1.29, 1.82) is 0 Å². The summed E-state index contributed by atoms with van der Waals surface area (Å²) in [5.41, 5.74) is 0. The Morgan fingerprint density at radius 1 is 1.33 bits per heavy atom. The van der Waals surface area contributed by atoms with Gasteiger partial charge in [0, 0.05) is 38.8 Å². The van der Waals surface area contributed by atoms with E-state index >= 15 is 0 Å². The van der Waals surface area contributed by atoms with E-state index in [2.05, 4.69) is 24.1 Å². The highest BCUT2D eigenvalue weighted by atomic mass is 16.5. The molecule has 0 bridgehead atoms. The third-order valence-electron chi connectivity index (χ3n) is 4.14. The second kappa shape index (κ2) is 7.46. The predicted octanol–water partition coefficient (Wildman–Crippen LogP) is 2.27. The molecule has 106 valence electrons. The molecule has 0 saturated carbocycles. The highest BCUT2D eigenvalue weighted by Gasteiger charge is 2.21. The number of hydrogen-bond acceptors (Lipinski definition) is 3. The molecule has 2 aliphatic heterocycles. The molecule has 2 saturated heterocycles. The number of rotatable bonds is 5. The Morgan fingerprint density at radius 2 is 2.22 bits per heavy atom. The van der Waals surface area contributed by atoms with Gasteiger partial charge < -0.3 is 15.0 Å². The molecule has 0 radical (unpaired) electrons. The lowest BCUT2D eigenvalue weighted by Crippen LogP contribution is -2.51. The quantitative estimate of drug-likeness (QED) is 0.814. The van der Waals surface area contributed by atoms with Crippen molar-refractivity contribution in [2.75, 3.05) is 32.8 Å². The fourth-order valence-electron chi connectivity index (χ4n) is 3.19. The molecule has 0 aliphatic carbocycles. The van der Waals surface area contributed by atoms with E-state index in [0.29, 0.717) is 12.1 Å². The molecule has 0 amide bonds. The molecule has 0 aromatic heterocycles. The van der Waals surface area contributed by atoms with Crippen LogP contribution in [0.4, 0.5) is 0 Å². The maximum atomic E-state index is 5.82. The van der Waals surface area contributed by atoms with Crippen LogP contribution in [-0.4, -0.2) is 49.8 Å².